The first-order chi connectivity index (χ1) is 6.77. The molecule has 1 N–H and O–H groups in total. The lowest BCUT2D eigenvalue weighted by atomic mass is 10.3. The summed E-state index contributed by atoms with van der Waals surface area (Å²) in [5.74, 6) is 0.0724. The Bertz CT molecular complexity index is 299. The fraction of sp³-hybridized carbons (Fsp3) is 0.545. The van der Waals surface area contributed by atoms with Crippen molar-refractivity contribution in [2.75, 3.05) is 6.54 Å². The lowest BCUT2D eigenvalue weighted by Crippen LogP contribution is -2.23. The number of carbonyl (C=O) groups is 1. The predicted molar refractivity (Wildman–Crippen MR) is 63.1 cm³/mol. The summed E-state index contributed by atoms with van der Waals surface area (Å²) in [6.45, 7) is 5.01. The molecule has 14 heavy (non-hydrogen) atoms. The number of unbranched alkanes of at least 4 members (excludes halogenated alkanes) is 1. The van der Waals surface area contributed by atoms with Gasteiger partial charge in [0.1, 0.15) is 0 Å². The van der Waals surface area contributed by atoms with Gasteiger partial charge in [-0.05, 0) is 25.0 Å². The van der Waals surface area contributed by atoms with Crippen LogP contribution in [0.1, 0.15) is 42.7 Å². The van der Waals surface area contributed by atoms with Crippen molar-refractivity contribution in [2.45, 2.75) is 33.1 Å². The van der Waals surface area contributed by atoms with Crippen LogP contribution in [0.4, 0.5) is 0 Å². The topological polar surface area (TPSA) is 29.1 Å². The van der Waals surface area contributed by atoms with Crippen LogP contribution in [0, 0.1) is 0 Å². The number of hydrogen-bond donors (Lipinski definition) is 1. The van der Waals surface area contributed by atoms with E-state index in [-0.39, 0.29) is 7.33 Å². The van der Waals surface area contributed by atoms with E-state index in [1.54, 1.807) is 11.3 Å². The number of rotatable bonds is 5. The van der Waals surface area contributed by atoms with Crippen molar-refractivity contribution in [3.05, 3.63) is 21.9 Å². The third-order valence-corrected chi connectivity index (χ3v) is 3.28. The number of hydrogen-bond acceptors (Lipinski definition) is 2. The Labute approximate surface area is 90.8 Å². The molecule has 0 saturated heterocycles. The van der Waals surface area contributed by atoms with Crippen LogP contribution < -0.4 is 5.32 Å². The molecule has 0 aliphatic carbocycles. The molecule has 2 nitrogen and oxygen atoms in total. The molecule has 1 aromatic rings. The monoisotopic (exact) mass is 213 g/mol. The predicted octanol–water partition coefficient (Wildman–Crippen LogP) is 3.09. The van der Waals surface area contributed by atoms with Gasteiger partial charge in [0.15, 0.2) is 0 Å². The molecule has 0 spiro atoms. The van der Waals surface area contributed by atoms with Crippen molar-refractivity contribution in [1.82, 2.24) is 5.32 Å². The van der Waals surface area contributed by atoms with E-state index in [4.69, 9.17) is 0 Å². The van der Waals surface area contributed by atoms with E-state index in [1.165, 1.54) is 4.88 Å². The van der Waals surface area contributed by atoms with Gasteiger partial charge in [-0.1, -0.05) is 20.3 Å². The second-order valence-corrected chi connectivity index (χ2v) is 4.40. The van der Waals surface area contributed by atoms with Crippen molar-refractivity contribution in [3.63, 3.8) is 0 Å². The summed E-state index contributed by atoms with van der Waals surface area (Å²) in [4.78, 5) is 13.6. The molecule has 0 atom stereocenters. The standard InChI is InChI=1S/C11H17NOS.H2/c1-3-5-8-12-11(13)10-7-6-9(4-2)14-10;/h6-7H,3-5,8H2,1-2H3,(H,12,13);1H. The summed E-state index contributed by atoms with van der Waals surface area (Å²) in [6, 6.07) is 3.93. The minimum Gasteiger partial charge on any atom is -0.351 e. The van der Waals surface area contributed by atoms with Crippen LogP contribution in [0.3, 0.4) is 0 Å². The van der Waals surface area contributed by atoms with Gasteiger partial charge in [0.25, 0.3) is 5.91 Å². The average molecular weight is 213 g/mol. The summed E-state index contributed by atoms with van der Waals surface area (Å²) in [6.07, 6.45) is 3.18. The zero-order chi connectivity index (χ0) is 10.4. The van der Waals surface area contributed by atoms with Crippen LogP contribution >= 0.6 is 11.3 Å². The highest BCUT2D eigenvalue weighted by Gasteiger charge is 2.06. The van der Waals surface area contributed by atoms with Gasteiger partial charge in [0.2, 0.25) is 0 Å². The molecule has 1 rings (SSSR count). The molecule has 0 fully saturated rings. The van der Waals surface area contributed by atoms with Gasteiger partial charge >= 0.3 is 0 Å². The fourth-order valence-electron chi connectivity index (χ4n) is 1.16. The molecule has 1 aromatic heterocycles. The lowest BCUT2D eigenvalue weighted by Gasteiger charge is -2.00. The second kappa shape index (κ2) is 5.81. The molecule has 0 radical (unpaired) electrons. The minimum absolute atomic E-state index is 0. The first-order valence-corrected chi connectivity index (χ1v) is 5.96. The maximum Gasteiger partial charge on any atom is 0.261 e. The lowest BCUT2D eigenvalue weighted by molar-refractivity contribution is 0.0957. The summed E-state index contributed by atoms with van der Waals surface area (Å²) >= 11 is 1.59. The van der Waals surface area contributed by atoms with Crippen LogP contribution in [0.15, 0.2) is 12.1 Å². The van der Waals surface area contributed by atoms with Crippen LogP contribution in [-0.4, -0.2) is 12.5 Å². The van der Waals surface area contributed by atoms with E-state index in [0.29, 0.717) is 0 Å². The van der Waals surface area contributed by atoms with Crippen molar-refractivity contribution in [3.8, 4) is 0 Å². The molecule has 0 aromatic carbocycles. The Balaban J connectivity index is 0.00000196. The van der Waals surface area contributed by atoms with Gasteiger partial charge in [0.05, 0.1) is 4.88 Å². The van der Waals surface area contributed by atoms with Crippen LogP contribution in [0.25, 0.3) is 0 Å². The van der Waals surface area contributed by atoms with E-state index >= 15 is 0 Å². The van der Waals surface area contributed by atoms with Crippen molar-refractivity contribution >= 4 is 17.2 Å². The molecular weight excluding hydrogens is 194 g/mol. The molecule has 0 bridgehead atoms. The molecule has 1 heterocycles. The molecule has 0 aliphatic rings. The van der Waals surface area contributed by atoms with E-state index in [1.807, 2.05) is 12.1 Å². The van der Waals surface area contributed by atoms with Crippen LogP contribution in [-0.2, 0) is 6.42 Å². The molecule has 1 amide bonds. The number of aryl methyl sites for hydroxylation is 1. The SMILES string of the molecule is CCCCNC(=O)c1ccc(CC)s1.[HH]. The van der Waals surface area contributed by atoms with E-state index in [2.05, 4.69) is 19.2 Å². The highest BCUT2D eigenvalue weighted by molar-refractivity contribution is 7.14. The molecule has 80 valence electrons. The molecule has 0 aliphatic heterocycles. The summed E-state index contributed by atoms with van der Waals surface area (Å²) in [5.41, 5.74) is 0. The van der Waals surface area contributed by atoms with Gasteiger partial charge in [-0.2, -0.15) is 0 Å². The number of thiophene rings is 1. The number of carbonyl (C=O) groups excluding carboxylic acids is 1. The third-order valence-electron chi connectivity index (χ3n) is 2.05. The largest absolute Gasteiger partial charge is 0.351 e. The minimum atomic E-state index is 0. The maximum absolute atomic E-state index is 11.5. The zero-order valence-corrected chi connectivity index (χ0v) is 9.62. The van der Waals surface area contributed by atoms with Crippen molar-refractivity contribution < 1.29 is 6.22 Å². The Morgan fingerprint density at radius 1 is 1.50 bits per heavy atom. The zero-order valence-electron chi connectivity index (χ0n) is 8.80. The Kier molecular flexibility index (Phi) is 4.66. The maximum atomic E-state index is 11.5. The molecule has 0 saturated carbocycles. The smallest absolute Gasteiger partial charge is 0.261 e. The van der Waals surface area contributed by atoms with Gasteiger partial charge < -0.3 is 5.32 Å². The Morgan fingerprint density at radius 3 is 2.86 bits per heavy atom. The molecule has 0 unspecified atom stereocenters. The second-order valence-electron chi connectivity index (χ2n) is 3.23. The van der Waals surface area contributed by atoms with Gasteiger partial charge in [-0.15, -0.1) is 11.3 Å². The fourth-order valence-corrected chi connectivity index (χ4v) is 2.02. The molecular formula is C11H19NOS. The Hall–Kier alpha value is -0.830. The molecule has 3 heteroatoms. The van der Waals surface area contributed by atoms with Gasteiger partial charge in [0, 0.05) is 12.8 Å². The Morgan fingerprint density at radius 2 is 2.29 bits per heavy atom. The average Bonchev–Trinajstić information content (AvgIpc) is 2.66. The van der Waals surface area contributed by atoms with E-state index in [9.17, 15) is 4.79 Å². The van der Waals surface area contributed by atoms with E-state index in [0.717, 1.165) is 30.7 Å². The number of amides is 1. The normalized spacial score (nSPS) is 10.1. The highest BCUT2D eigenvalue weighted by atomic mass is 32.1. The van der Waals surface area contributed by atoms with E-state index < -0.39 is 0 Å². The van der Waals surface area contributed by atoms with Gasteiger partial charge in [-0.3, -0.25) is 4.79 Å². The van der Waals surface area contributed by atoms with Crippen molar-refractivity contribution in [2.24, 2.45) is 0 Å². The third kappa shape index (κ3) is 3.14. The number of nitrogens with one attached hydrogen (secondary N) is 1. The first kappa shape index (κ1) is 11.2. The van der Waals surface area contributed by atoms with Crippen LogP contribution in [0.2, 0.25) is 0 Å². The summed E-state index contributed by atoms with van der Waals surface area (Å²) in [7, 11) is 0. The summed E-state index contributed by atoms with van der Waals surface area (Å²) in [5, 5.41) is 2.91. The van der Waals surface area contributed by atoms with Gasteiger partial charge in [-0.25, -0.2) is 0 Å². The first-order valence-electron chi connectivity index (χ1n) is 5.14. The quantitative estimate of drug-likeness (QED) is 0.748. The van der Waals surface area contributed by atoms with Crippen LogP contribution in [0.5, 0.6) is 0 Å². The highest BCUT2D eigenvalue weighted by Crippen LogP contribution is 2.16. The van der Waals surface area contributed by atoms with Crippen molar-refractivity contribution in [1.29, 1.82) is 0 Å². The summed E-state index contributed by atoms with van der Waals surface area (Å²) < 4.78 is 0.